The molecule has 0 spiro atoms. The number of amides is 3. The second kappa shape index (κ2) is 13.7. The number of hydrazone groups is 1. The zero-order valence-corrected chi connectivity index (χ0v) is 19.0. The van der Waals surface area contributed by atoms with E-state index in [2.05, 4.69) is 21.2 Å². The maximum atomic E-state index is 12.1. The first-order valence-electron chi connectivity index (χ1n) is 9.98. The summed E-state index contributed by atoms with van der Waals surface area (Å²) in [5.74, 6) is -1.32. The van der Waals surface area contributed by atoms with E-state index in [4.69, 9.17) is 25.8 Å². The van der Waals surface area contributed by atoms with Crippen molar-refractivity contribution in [2.45, 2.75) is 6.92 Å². The highest BCUT2D eigenvalue weighted by molar-refractivity contribution is 6.35. The van der Waals surface area contributed by atoms with Crippen LogP contribution in [0.4, 0.5) is 5.69 Å². The van der Waals surface area contributed by atoms with Gasteiger partial charge >= 0.3 is 11.8 Å². The number of carbonyl (C=O) groups excluding carboxylic acids is 3. The van der Waals surface area contributed by atoms with Gasteiger partial charge in [0.25, 0.3) is 5.91 Å². The Labute approximate surface area is 196 Å². The first-order chi connectivity index (χ1) is 15.9. The van der Waals surface area contributed by atoms with Crippen LogP contribution in [0.5, 0.6) is 11.5 Å². The first kappa shape index (κ1) is 25.6. The Morgan fingerprint density at radius 1 is 1.03 bits per heavy atom. The number of hydrogen-bond donors (Lipinski definition) is 3. The lowest BCUT2D eigenvalue weighted by Gasteiger charge is -2.12. The number of rotatable bonds is 11. The molecule has 10 nitrogen and oxygen atoms in total. The normalized spacial score (nSPS) is 10.5. The van der Waals surface area contributed by atoms with Crippen LogP contribution in [0.25, 0.3) is 0 Å². The zero-order valence-electron chi connectivity index (χ0n) is 18.2. The minimum atomic E-state index is -0.904. The fourth-order valence-corrected chi connectivity index (χ4v) is 2.56. The molecule has 11 heteroatoms. The third-order valence-electron chi connectivity index (χ3n) is 3.93. The summed E-state index contributed by atoms with van der Waals surface area (Å²) in [6, 6.07) is 11.6. The molecule has 176 valence electrons. The van der Waals surface area contributed by atoms with Crippen molar-refractivity contribution in [3.63, 3.8) is 0 Å². The summed E-state index contributed by atoms with van der Waals surface area (Å²) in [5, 5.41) is 9.41. The van der Waals surface area contributed by atoms with Crippen molar-refractivity contribution in [2.24, 2.45) is 5.10 Å². The van der Waals surface area contributed by atoms with Gasteiger partial charge < -0.3 is 24.8 Å². The number of hydrogen-bond acceptors (Lipinski definition) is 7. The number of anilines is 1. The fourth-order valence-electron chi connectivity index (χ4n) is 2.43. The van der Waals surface area contributed by atoms with E-state index in [0.29, 0.717) is 41.0 Å². The molecule has 3 N–H and O–H groups in total. The third kappa shape index (κ3) is 9.17. The molecule has 0 bridgehead atoms. The maximum Gasteiger partial charge on any atom is 0.329 e. The van der Waals surface area contributed by atoms with Crippen molar-refractivity contribution in [3.8, 4) is 11.5 Å². The summed E-state index contributed by atoms with van der Waals surface area (Å²) in [4.78, 5) is 35.4. The molecule has 2 aromatic carbocycles. The summed E-state index contributed by atoms with van der Waals surface area (Å²) >= 11 is 5.83. The minimum Gasteiger partial charge on any atom is -0.490 e. The highest BCUT2D eigenvalue weighted by Gasteiger charge is 2.12. The number of nitrogens with one attached hydrogen (secondary N) is 3. The molecule has 0 atom stereocenters. The van der Waals surface area contributed by atoms with Crippen LogP contribution < -0.4 is 25.5 Å². The third-order valence-corrected chi connectivity index (χ3v) is 4.18. The molecule has 0 unspecified atom stereocenters. The Kier molecular flexibility index (Phi) is 10.6. The highest BCUT2D eigenvalue weighted by atomic mass is 35.5. The number of nitrogens with zero attached hydrogens (tertiary/aromatic N) is 1. The van der Waals surface area contributed by atoms with Crippen LogP contribution in [0.1, 0.15) is 12.5 Å². The zero-order chi connectivity index (χ0) is 24.1. The van der Waals surface area contributed by atoms with Crippen LogP contribution in [0, 0.1) is 0 Å². The topological polar surface area (TPSA) is 127 Å². The van der Waals surface area contributed by atoms with Gasteiger partial charge in [-0.1, -0.05) is 11.6 Å². The van der Waals surface area contributed by atoms with Crippen LogP contribution in [-0.2, 0) is 19.1 Å². The van der Waals surface area contributed by atoms with E-state index >= 15 is 0 Å². The minimum absolute atomic E-state index is 0.212. The van der Waals surface area contributed by atoms with Gasteiger partial charge in [-0.05, 0) is 55.0 Å². The highest BCUT2D eigenvalue weighted by Crippen LogP contribution is 2.28. The molecule has 3 amide bonds. The summed E-state index contributed by atoms with van der Waals surface area (Å²) in [6.45, 7) is 2.44. The Morgan fingerprint density at radius 2 is 1.79 bits per heavy atom. The molecule has 0 saturated carbocycles. The second-order valence-electron chi connectivity index (χ2n) is 6.43. The SMILES string of the molecule is CCOc1cc(/C=N\NC(=O)C(=O)NCCOC)ccc1OCC(=O)Nc1ccc(Cl)cc1. The van der Waals surface area contributed by atoms with Gasteiger partial charge in [-0.15, -0.1) is 0 Å². The fraction of sp³-hybridized carbons (Fsp3) is 0.273. The molecule has 0 aliphatic rings. The van der Waals surface area contributed by atoms with Gasteiger partial charge in [0.1, 0.15) is 0 Å². The molecule has 2 rings (SSSR count). The smallest absolute Gasteiger partial charge is 0.329 e. The van der Waals surface area contributed by atoms with Crippen molar-refractivity contribution in [3.05, 3.63) is 53.1 Å². The molecule has 33 heavy (non-hydrogen) atoms. The summed E-state index contributed by atoms with van der Waals surface area (Å²) < 4.78 is 15.9. The number of methoxy groups -OCH3 is 1. The monoisotopic (exact) mass is 476 g/mol. The molecule has 0 radical (unpaired) electrons. The van der Waals surface area contributed by atoms with Gasteiger partial charge in [0.05, 0.1) is 19.4 Å². The number of carbonyl (C=O) groups is 3. The molecular formula is C22H25ClN4O6. The van der Waals surface area contributed by atoms with Crippen LogP contribution in [-0.4, -0.2) is 57.4 Å². The van der Waals surface area contributed by atoms with E-state index in [9.17, 15) is 14.4 Å². The first-order valence-corrected chi connectivity index (χ1v) is 10.4. The van der Waals surface area contributed by atoms with Crippen LogP contribution in [0.15, 0.2) is 47.6 Å². The maximum absolute atomic E-state index is 12.1. The van der Waals surface area contributed by atoms with Gasteiger partial charge in [-0.25, -0.2) is 5.43 Å². The Hall–Kier alpha value is -3.63. The number of ether oxygens (including phenoxy) is 3. The lowest BCUT2D eigenvalue weighted by molar-refractivity contribution is -0.139. The lowest BCUT2D eigenvalue weighted by Crippen LogP contribution is -2.39. The van der Waals surface area contributed by atoms with Gasteiger partial charge in [-0.3, -0.25) is 14.4 Å². The van der Waals surface area contributed by atoms with Crippen molar-refractivity contribution in [1.29, 1.82) is 0 Å². The lowest BCUT2D eigenvalue weighted by atomic mass is 10.2. The average Bonchev–Trinajstić information content (AvgIpc) is 2.80. The van der Waals surface area contributed by atoms with Crippen LogP contribution in [0.2, 0.25) is 5.02 Å². The van der Waals surface area contributed by atoms with E-state index in [-0.39, 0.29) is 19.1 Å². The van der Waals surface area contributed by atoms with Crippen molar-refractivity contribution < 1.29 is 28.6 Å². The molecule has 0 aliphatic heterocycles. The average molecular weight is 477 g/mol. The molecule has 2 aromatic rings. The summed E-state index contributed by atoms with van der Waals surface area (Å²) in [6.07, 6.45) is 1.35. The van der Waals surface area contributed by atoms with Gasteiger partial charge in [0, 0.05) is 24.4 Å². The van der Waals surface area contributed by atoms with Crippen molar-refractivity contribution >= 4 is 41.2 Å². The standard InChI is InChI=1S/C22H25ClN4O6/c1-3-32-19-12-15(13-25-27-22(30)21(29)24-10-11-31-2)4-9-18(19)33-14-20(28)26-17-7-5-16(23)6-8-17/h4-9,12-13H,3,10-11,14H2,1-2H3,(H,24,29)(H,26,28)(H,27,30)/b25-13-. The number of halogens is 1. The van der Waals surface area contributed by atoms with E-state index < -0.39 is 11.8 Å². The molecule has 0 aliphatic carbocycles. The molecular weight excluding hydrogens is 452 g/mol. The Morgan fingerprint density at radius 3 is 2.48 bits per heavy atom. The summed E-state index contributed by atoms with van der Waals surface area (Å²) in [5.41, 5.74) is 3.31. The Bertz CT molecular complexity index is 981. The van der Waals surface area contributed by atoms with E-state index in [1.165, 1.54) is 13.3 Å². The van der Waals surface area contributed by atoms with Crippen molar-refractivity contribution in [1.82, 2.24) is 10.7 Å². The molecule has 0 fully saturated rings. The van der Waals surface area contributed by atoms with Gasteiger partial charge in [0.15, 0.2) is 18.1 Å². The summed E-state index contributed by atoms with van der Waals surface area (Å²) in [7, 11) is 1.49. The van der Waals surface area contributed by atoms with Gasteiger partial charge in [-0.2, -0.15) is 5.10 Å². The van der Waals surface area contributed by atoms with Crippen LogP contribution in [0.3, 0.4) is 0 Å². The largest absolute Gasteiger partial charge is 0.490 e. The molecule has 0 aromatic heterocycles. The van der Waals surface area contributed by atoms with Crippen LogP contribution >= 0.6 is 11.6 Å². The predicted octanol–water partition coefficient (Wildman–Crippen LogP) is 1.97. The predicted molar refractivity (Wildman–Crippen MR) is 124 cm³/mol. The molecule has 0 heterocycles. The second-order valence-corrected chi connectivity index (χ2v) is 6.87. The van der Waals surface area contributed by atoms with E-state index in [1.54, 1.807) is 49.4 Å². The van der Waals surface area contributed by atoms with E-state index in [1.807, 2.05) is 0 Å². The van der Waals surface area contributed by atoms with E-state index in [0.717, 1.165) is 0 Å². The molecule has 0 saturated heterocycles. The van der Waals surface area contributed by atoms with Gasteiger partial charge in [0.2, 0.25) is 0 Å². The quantitative estimate of drug-likeness (QED) is 0.197. The number of benzene rings is 2. The Balaban J connectivity index is 1.92. The van der Waals surface area contributed by atoms with Crippen molar-refractivity contribution in [2.75, 3.05) is 38.8 Å².